The highest BCUT2D eigenvalue weighted by atomic mass is 16.7. The van der Waals surface area contributed by atoms with Crippen molar-refractivity contribution in [2.45, 2.75) is 58.1 Å². The van der Waals surface area contributed by atoms with Gasteiger partial charge in [0.15, 0.2) is 24.6 Å². The summed E-state index contributed by atoms with van der Waals surface area (Å²) in [4.78, 5) is 34.9. The van der Waals surface area contributed by atoms with E-state index in [1.165, 1.54) is 27.9 Å². The van der Waals surface area contributed by atoms with Crippen LogP contribution in [-0.2, 0) is 49.4 Å². The van der Waals surface area contributed by atoms with Crippen LogP contribution in [0.2, 0.25) is 0 Å². The SMILES string of the molecule is CO[C@H]1O[C@H](COCc2ccccc2)[C@H](OC(C)=O)[C@H](OC(C)=O)[C@H]1OC(C)=O. The third-order valence-corrected chi connectivity index (χ3v) is 4.12. The highest BCUT2D eigenvalue weighted by molar-refractivity contribution is 5.68. The third-order valence-electron chi connectivity index (χ3n) is 4.12. The first kappa shape index (κ1) is 22.8. The molecule has 5 atom stereocenters. The van der Waals surface area contributed by atoms with Gasteiger partial charge in [0.25, 0.3) is 0 Å². The maximum Gasteiger partial charge on any atom is 0.303 e. The molecule has 0 aliphatic carbocycles. The lowest BCUT2D eigenvalue weighted by Crippen LogP contribution is -2.62. The Morgan fingerprint density at radius 1 is 0.862 bits per heavy atom. The summed E-state index contributed by atoms with van der Waals surface area (Å²) in [6.07, 6.45) is -5.15. The highest BCUT2D eigenvalue weighted by Crippen LogP contribution is 2.29. The molecular formula is C20H26O9. The monoisotopic (exact) mass is 410 g/mol. The van der Waals surface area contributed by atoms with Crippen LogP contribution in [0.4, 0.5) is 0 Å². The first-order valence-corrected chi connectivity index (χ1v) is 9.13. The molecule has 160 valence electrons. The van der Waals surface area contributed by atoms with E-state index in [-0.39, 0.29) is 6.61 Å². The number of rotatable bonds is 8. The van der Waals surface area contributed by atoms with Gasteiger partial charge in [-0.05, 0) is 5.56 Å². The van der Waals surface area contributed by atoms with Crippen molar-refractivity contribution in [1.82, 2.24) is 0 Å². The van der Waals surface area contributed by atoms with Crippen LogP contribution in [0.1, 0.15) is 26.3 Å². The number of hydrogen-bond donors (Lipinski definition) is 0. The zero-order valence-corrected chi connectivity index (χ0v) is 16.9. The molecular weight excluding hydrogens is 384 g/mol. The minimum absolute atomic E-state index is 0.0251. The van der Waals surface area contributed by atoms with Gasteiger partial charge < -0.3 is 28.4 Å². The fourth-order valence-corrected chi connectivity index (χ4v) is 3.05. The summed E-state index contributed by atoms with van der Waals surface area (Å²) in [6.45, 7) is 3.95. The largest absolute Gasteiger partial charge is 0.456 e. The van der Waals surface area contributed by atoms with Gasteiger partial charge in [0.2, 0.25) is 0 Å². The Hall–Kier alpha value is -2.49. The summed E-state index contributed by atoms with van der Waals surface area (Å²) in [5.74, 6) is -1.87. The molecule has 1 aromatic carbocycles. The van der Waals surface area contributed by atoms with Crippen molar-refractivity contribution in [3.8, 4) is 0 Å². The molecule has 1 aliphatic heterocycles. The summed E-state index contributed by atoms with van der Waals surface area (Å²) < 4.78 is 32.7. The maximum atomic E-state index is 11.7. The number of esters is 3. The van der Waals surface area contributed by atoms with E-state index in [4.69, 9.17) is 28.4 Å². The summed E-state index contributed by atoms with van der Waals surface area (Å²) in [5, 5.41) is 0. The van der Waals surface area contributed by atoms with Gasteiger partial charge in [0.05, 0.1) is 13.2 Å². The van der Waals surface area contributed by atoms with Crippen molar-refractivity contribution >= 4 is 17.9 Å². The molecule has 2 rings (SSSR count). The molecule has 9 nitrogen and oxygen atoms in total. The Labute approximate surface area is 169 Å². The predicted molar refractivity (Wildman–Crippen MR) is 98.4 cm³/mol. The fourth-order valence-electron chi connectivity index (χ4n) is 3.05. The molecule has 1 fully saturated rings. The molecule has 0 aromatic heterocycles. The van der Waals surface area contributed by atoms with Crippen molar-refractivity contribution < 1.29 is 42.8 Å². The van der Waals surface area contributed by atoms with Gasteiger partial charge in [-0.2, -0.15) is 0 Å². The molecule has 1 aromatic rings. The lowest BCUT2D eigenvalue weighted by atomic mass is 9.98. The highest BCUT2D eigenvalue weighted by Gasteiger charge is 2.52. The molecule has 9 heteroatoms. The first-order valence-electron chi connectivity index (χ1n) is 9.13. The van der Waals surface area contributed by atoms with Crippen molar-refractivity contribution in [2.75, 3.05) is 13.7 Å². The topological polar surface area (TPSA) is 107 Å². The van der Waals surface area contributed by atoms with Gasteiger partial charge >= 0.3 is 17.9 Å². The zero-order valence-electron chi connectivity index (χ0n) is 16.9. The summed E-state index contributed by atoms with van der Waals surface area (Å²) in [7, 11) is 1.36. The van der Waals surface area contributed by atoms with E-state index >= 15 is 0 Å². The summed E-state index contributed by atoms with van der Waals surface area (Å²) in [5.41, 5.74) is 0.949. The van der Waals surface area contributed by atoms with Crippen LogP contribution in [0.25, 0.3) is 0 Å². The average molecular weight is 410 g/mol. The Kier molecular flexibility index (Phi) is 8.56. The average Bonchev–Trinajstić information content (AvgIpc) is 2.65. The lowest BCUT2D eigenvalue weighted by Gasteiger charge is -2.43. The van der Waals surface area contributed by atoms with Crippen LogP contribution in [0.3, 0.4) is 0 Å². The van der Waals surface area contributed by atoms with E-state index in [0.717, 1.165) is 5.56 Å². The number of hydrogen-bond acceptors (Lipinski definition) is 9. The molecule has 0 N–H and O–H groups in total. The van der Waals surface area contributed by atoms with Gasteiger partial charge in [-0.3, -0.25) is 14.4 Å². The summed E-state index contributed by atoms with van der Waals surface area (Å²) in [6, 6.07) is 9.48. The van der Waals surface area contributed by atoms with E-state index in [2.05, 4.69) is 0 Å². The van der Waals surface area contributed by atoms with E-state index in [1.807, 2.05) is 30.3 Å². The van der Waals surface area contributed by atoms with Crippen molar-refractivity contribution in [3.05, 3.63) is 35.9 Å². The minimum Gasteiger partial charge on any atom is -0.456 e. The smallest absolute Gasteiger partial charge is 0.303 e. The van der Waals surface area contributed by atoms with E-state index in [0.29, 0.717) is 6.61 Å². The number of carbonyl (C=O) groups excluding carboxylic acids is 3. The Bertz CT molecular complexity index is 690. The molecule has 1 saturated heterocycles. The Morgan fingerprint density at radius 3 is 1.97 bits per heavy atom. The molecule has 0 radical (unpaired) electrons. The Morgan fingerprint density at radius 2 is 1.41 bits per heavy atom. The second-order valence-electron chi connectivity index (χ2n) is 6.50. The second kappa shape index (κ2) is 10.9. The van der Waals surface area contributed by atoms with Crippen LogP contribution >= 0.6 is 0 Å². The molecule has 0 spiro atoms. The lowest BCUT2D eigenvalue weighted by molar-refractivity contribution is -0.304. The van der Waals surface area contributed by atoms with E-state index in [9.17, 15) is 14.4 Å². The molecule has 0 amide bonds. The van der Waals surface area contributed by atoms with Crippen LogP contribution in [0, 0.1) is 0 Å². The van der Waals surface area contributed by atoms with Gasteiger partial charge in [-0.15, -0.1) is 0 Å². The maximum absolute atomic E-state index is 11.7. The van der Waals surface area contributed by atoms with Crippen LogP contribution < -0.4 is 0 Å². The van der Waals surface area contributed by atoms with Gasteiger partial charge in [-0.25, -0.2) is 0 Å². The zero-order chi connectivity index (χ0) is 21.4. The molecule has 0 bridgehead atoms. The van der Waals surface area contributed by atoms with E-state index in [1.54, 1.807) is 0 Å². The number of methoxy groups -OCH3 is 1. The fraction of sp³-hybridized carbons (Fsp3) is 0.550. The van der Waals surface area contributed by atoms with Crippen LogP contribution in [0.5, 0.6) is 0 Å². The van der Waals surface area contributed by atoms with Crippen LogP contribution in [0.15, 0.2) is 30.3 Å². The van der Waals surface area contributed by atoms with Gasteiger partial charge in [-0.1, -0.05) is 30.3 Å². The third kappa shape index (κ3) is 6.81. The van der Waals surface area contributed by atoms with Crippen molar-refractivity contribution in [3.63, 3.8) is 0 Å². The first-order chi connectivity index (χ1) is 13.8. The molecule has 1 aliphatic rings. The predicted octanol–water partition coefficient (Wildman–Crippen LogP) is 1.37. The molecule has 29 heavy (non-hydrogen) atoms. The van der Waals surface area contributed by atoms with Crippen LogP contribution in [-0.4, -0.2) is 62.3 Å². The van der Waals surface area contributed by atoms with Gasteiger partial charge in [0.1, 0.15) is 6.10 Å². The number of carbonyl (C=O) groups is 3. The van der Waals surface area contributed by atoms with Gasteiger partial charge in [0, 0.05) is 27.9 Å². The molecule has 0 unspecified atom stereocenters. The standard InChI is InChI=1S/C20H26O9/c1-12(21)26-17-16(11-25-10-15-8-6-5-7-9-15)29-20(24-4)19(28-14(3)23)18(17)27-13(2)22/h5-9,16-20H,10-11H2,1-4H3/t16-,17+,18+,19-,20+/m1/s1. The molecule has 1 heterocycles. The normalized spacial score (nSPS) is 26.4. The minimum atomic E-state index is -1.12. The molecule has 0 saturated carbocycles. The quantitative estimate of drug-likeness (QED) is 0.464. The van der Waals surface area contributed by atoms with Crippen molar-refractivity contribution in [1.29, 1.82) is 0 Å². The summed E-state index contributed by atoms with van der Waals surface area (Å²) >= 11 is 0. The van der Waals surface area contributed by atoms with E-state index < -0.39 is 48.6 Å². The Balaban J connectivity index is 2.21. The number of ether oxygens (including phenoxy) is 6. The number of benzene rings is 1. The van der Waals surface area contributed by atoms with Crippen molar-refractivity contribution in [2.24, 2.45) is 0 Å². The second-order valence-corrected chi connectivity index (χ2v) is 6.50.